The molecular formula is C18H24BF2NO4. The van der Waals surface area contributed by atoms with Gasteiger partial charge >= 0.3 is 7.12 Å². The van der Waals surface area contributed by atoms with Gasteiger partial charge in [0, 0.05) is 13.5 Å². The van der Waals surface area contributed by atoms with Crippen LogP contribution in [0.3, 0.4) is 0 Å². The first kappa shape index (κ1) is 20.4. The molecule has 5 nitrogen and oxygen atoms in total. The van der Waals surface area contributed by atoms with Gasteiger partial charge in [-0.05, 0) is 50.9 Å². The third-order valence-electron chi connectivity index (χ3n) is 4.69. The predicted molar refractivity (Wildman–Crippen MR) is 95.7 cm³/mol. The van der Waals surface area contributed by atoms with Crippen molar-refractivity contribution < 1.29 is 27.6 Å². The maximum atomic E-state index is 13.8. The Balaban J connectivity index is 2.41. The molecule has 0 saturated carbocycles. The van der Waals surface area contributed by atoms with Crippen molar-refractivity contribution in [1.82, 2.24) is 5.32 Å². The van der Waals surface area contributed by atoms with Gasteiger partial charge in [-0.2, -0.15) is 4.39 Å². The molecule has 1 aliphatic heterocycles. The van der Waals surface area contributed by atoms with Crippen molar-refractivity contribution in [2.24, 2.45) is 0 Å². The van der Waals surface area contributed by atoms with Gasteiger partial charge in [-0.25, -0.2) is 4.39 Å². The lowest BCUT2D eigenvalue weighted by Crippen LogP contribution is -2.41. The van der Waals surface area contributed by atoms with Crippen LogP contribution in [0.5, 0.6) is 5.75 Å². The smallest absolute Gasteiger partial charge is 0.492 e. The molecule has 1 saturated heterocycles. The molecule has 1 aromatic carbocycles. The zero-order valence-electron chi connectivity index (χ0n) is 15.9. The number of benzene rings is 1. The van der Waals surface area contributed by atoms with E-state index < -0.39 is 30.0 Å². The Morgan fingerprint density at radius 1 is 1.23 bits per heavy atom. The molecule has 1 heterocycles. The maximum Gasteiger partial charge on any atom is 0.492 e. The van der Waals surface area contributed by atoms with Crippen LogP contribution in [0.25, 0.3) is 6.08 Å². The summed E-state index contributed by atoms with van der Waals surface area (Å²) in [4.78, 5) is 11.3. The monoisotopic (exact) mass is 367 g/mol. The van der Waals surface area contributed by atoms with Gasteiger partial charge in [0.15, 0.2) is 11.6 Å². The molecule has 1 N–H and O–H groups in total. The van der Waals surface area contributed by atoms with Gasteiger partial charge in [-0.3, -0.25) is 4.79 Å². The topological polar surface area (TPSA) is 56.8 Å². The summed E-state index contributed by atoms with van der Waals surface area (Å²) in [6.07, 6.45) is 1.60. The fourth-order valence-corrected chi connectivity index (χ4v) is 2.45. The molecule has 1 fully saturated rings. The van der Waals surface area contributed by atoms with E-state index in [-0.39, 0.29) is 18.2 Å². The number of rotatable bonds is 5. The van der Waals surface area contributed by atoms with Crippen molar-refractivity contribution in [1.29, 1.82) is 0 Å². The van der Waals surface area contributed by atoms with Gasteiger partial charge in [-0.1, -0.05) is 6.08 Å². The van der Waals surface area contributed by atoms with Gasteiger partial charge in [0.05, 0.1) is 18.3 Å². The average molecular weight is 367 g/mol. The normalized spacial score (nSPS) is 18.8. The lowest BCUT2D eigenvalue weighted by Gasteiger charge is -2.32. The molecule has 0 aromatic heterocycles. The Bertz CT molecular complexity index is 718. The van der Waals surface area contributed by atoms with E-state index in [9.17, 15) is 13.6 Å². The molecule has 0 atom stereocenters. The molecule has 142 valence electrons. The van der Waals surface area contributed by atoms with E-state index in [1.807, 2.05) is 27.7 Å². The van der Waals surface area contributed by atoms with E-state index in [4.69, 9.17) is 14.0 Å². The summed E-state index contributed by atoms with van der Waals surface area (Å²) in [5, 5.41) is 2.69. The van der Waals surface area contributed by atoms with Crippen LogP contribution < -0.4 is 10.1 Å². The minimum Gasteiger partial charge on any atom is -0.494 e. The fourth-order valence-electron chi connectivity index (χ4n) is 2.45. The first-order valence-electron chi connectivity index (χ1n) is 8.30. The average Bonchev–Trinajstić information content (AvgIpc) is 2.74. The van der Waals surface area contributed by atoms with Crippen LogP contribution in [0, 0.1) is 11.6 Å². The van der Waals surface area contributed by atoms with Crippen LogP contribution >= 0.6 is 0 Å². The van der Waals surface area contributed by atoms with Crippen LogP contribution in [-0.2, 0) is 14.1 Å². The Kier molecular flexibility index (Phi) is 5.77. The molecule has 8 heteroatoms. The van der Waals surface area contributed by atoms with Crippen molar-refractivity contribution >= 4 is 19.1 Å². The van der Waals surface area contributed by atoms with Gasteiger partial charge in [0.1, 0.15) is 0 Å². The third kappa shape index (κ3) is 4.24. The second-order valence-corrected chi connectivity index (χ2v) is 7.24. The van der Waals surface area contributed by atoms with Crippen molar-refractivity contribution in [3.63, 3.8) is 0 Å². The molecule has 0 unspecified atom stereocenters. The number of halogens is 2. The first-order valence-corrected chi connectivity index (χ1v) is 8.30. The second kappa shape index (κ2) is 7.36. The molecule has 0 radical (unpaired) electrons. The number of hydrogen-bond acceptors (Lipinski definition) is 4. The van der Waals surface area contributed by atoms with E-state index >= 15 is 0 Å². The van der Waals surface area contributed by atoms with Crippen molar-refractivity contribution in [2.75, 3.05) is 13.7 Å². The van der Waals surface area contributed by atoms with E-state index in [1.165, 1.54) is 20.1 Å². The highest BCUT2D eigenvalue weighted by Crippen LogP contribution is 2.39. The fraction of sp³-hybridized carbons (Fsp3) is 0.500. The molecule has 0 aliphatic carbocycles. The molecular weight excluding hydrogens is 343 g/mol. The van der Waals surface area contributed by atoms with Gasteiger partial charge in [-0.15, -0.1) is 0 Å². The van der Waals surface area contributed by atoms with Crippen molar-refractivity contribution in [3.8, 4) is 5.75 Å². The summed E-state index contributed by atoms with van der Waals surface area (Å²) in [5.74, 6) is -2.51. The molecule has 1 aromatic rings. The highest BCUT2D eigenvalue weighted by Gasteiger charge is 2.52. The Hall–Kier alpha value is -1.93. The molecule has 2 rings (SSSR count). The zero-order chi connectivity index (χ0) is 19.7. The number of amides is 1. The van der Waals surface area contributed by atoms with Crippen molar-refractivity contribution in [2.45, 2.75) is 45.8 Å². The minimum atomic E-state index is -1.05. The largest absolute Gasteiger partial charge is 0.494 e. The van der Waals surface area contributed by atoms with Crippen LogP contribution in [0.15, 0.2) is 17.6 Å². The minimum absolute atomic E-state index is 0.146. The molecule has 1 amide bonds. The van der Waals surface area contributed by atoms with Gasteiger partial charge in [0.2, 0.25) is 11.7 Å². The number of carbonyl (C=O) groups excluding carboxylic acids is 1. The van der Waals surface area contributed by atoms with Gasteiger partial charge in [0.25, 0.3) is 0 Å². The second-order valence-electron chi connectivity index (χ2n) is 7.24. The lowest BCUT2D eigenvalue weighted by atomic mass is 9.77. The third-order valence-corrected chi connectivity index (χ3v) is 4.69. The SMILES string of the molecule is COc1cc(C=C(CNC(C)=O)B2OC(C)(C)C(C)(C)O2)cc(F)c1F. The standard InChI is InChI=1S/C18H24BF2NO4/c1-11(23)22-10-13(19-25-17(2,3)18(4,5)26-19)7-12-8-14(20)16(21)15(9-12)24-6/h7-9H,10H2,1-6H3,(H,22,23). The zero-order valence-corrected chi connectivity index (χ0v) is 15.9. The maximum absolute atomic E-state index is 13.8. The molecule has 0 bridgehead atoms. The van der Waals surface area contributed by atoms with E-state index in [1.54, 1.807) is 6.08 Å². The van der Waals surface area contributed by atoms with E-state index in [2.05, 4.69) is 5.32 Å². The molecule has 1 aliphatic rings. The number of hydrogen-bond donors (Lipinski definition) is 1. The number of ether oxygens (including phenoxy) is 1. The number of nitrogens with one attached hydrogen (secondary N) is 1. The number of methoxy groups -OCH3 is 1. The summed E-state index contributed by atoms with van der Waals surface area (Å²) in [7, 11) is 0.531. The highest BCUT2D eigenvalue weighted by molar-refractivity contribution is 6.56. The summed E-state index contributed by atoms with van der Waals surface area (Å²) < 4.78 is 44.3. The van der Waals surface area contributed by atoms with Crippen LogP contribution in [-0.4, -0.2) is 37.9 Å². The Morgan fingerprint density at radius 2 is 1.81 bits per heavy atom. The Labute approximate surface area is 152 Å². The van der Waals surface area contributed by atoms with Crippen molar-refractivity contribution in [3.05, 3.63) is 34.8 Å². The highest BCUT2D eigenvalue weighted by atomic mass is 19.2. The van der Waals surface area contributed by atoms with Crippen LogP contribution in [0.2, 0.25) is 0 Å². The quantitative estimate of drug-likeness (QED) is 0.813. The first-order chi connectivity index (χ1) is 12.0. The van der Waals surface area contributed by atoms with E-state index in [0.717, 1.165) is 6.07 Å². The summed E-state index contributed by atoms with van der Waals surface area (Å²) in [6, 6.07) is 2.42. The van der Waals surface area contributed by atoms with Gasteiger partial charge < -0.3 is 19.4 Å². The van der Waals surface area contributed by atoms with Crippen LogP contribution in [0.4, 0.5) is 8.78 Å². The Morgan fingerprint density at radius 3 is 2.31 bits per heavy atom. The predicted octanol–water partition coefficient (Wildman–Crippen LogP) is 3.12. The lowest BCUT2D eigenvalue weighted by molar-refractivity contribution is -0.118. The summed E-state index contributed by atoms with van der Waals surface area (Å²) in [6.45, 7) is 9.16. The molecule has 26 heavy (non-hydrogen) atoms. The molecule has 0 spiro atoms. The van der Waals surface area contributed by atoms with Crippen LogP contribution in [0.1, 0.15) is 40.2 Å². The summed E-state index contributed by atoms with van der Waals surface area (Å²) >= 11 is 0. The number of carbonyl (C=O) groups is 1. The van der Waals surface area contributed by atoms with E-state index in [0.29, 0.717) is 11.0 Å². The summed E-state index contributed by atoms with van der Waals surface area (Å²) in [5.41, 5.74) is -0.194.